The number of aromatic amines is 1. The van der Waals surface area contributed by atoms with E-state index in [2.05, 4.69) is 20.6 Å². The molecule has 0 unspecified atom stereocenters. The molecule has 2 amide bonds. The van der Waals surface area contributed by atoms with E-state index in [4.69, 9.17) is 0 Å². The van der Waals surface area contributed by atoms with Crippen LogP contribution in [0.2, 0.25) is 0 Å². The number of H-pyrrole nitrogens is 1. The first kappa shape index (κ1) is 20.6. The van der Waals surface area contributed by atoms with Gasteiger partial charge in [0.25, 0.3) is 11.8 Å². The van der Waals surface area contributed by atoms with Crippen molar-refractivity contribution in [2.24, 2.45) is 0 Å². The largest absolute Gasteiger partial charge is 0.340 e. The van der Waals surface area contributed by atoms with Crippen molar-refractivity contribution in [1.29, 1.82) is 0 Å². The maximum Gasteiger partial charge on any atom is 0.274 e. The van der Waals surface area contributed by atoms with Crippen LogP contribution in [0, 0.1) is 9.39 Å². The Balaban J connectivity index is 1.67. The second kappa shape index (κ2) is 8.95. The quantitative estimate of drug-likeness (QED) is 0.344. The molecule has 3 rings (SSSR count). The second-order valence-electron chi connectivity index (χ2n) is 6.01. The number of hydrogen-bond donors (Lipinski definition) is 3. The number of anilines is 2. The number of rotatable bonds is 6. The molecule has 1 heterocycles. The van der Waals surface area contributed by atoms with Gasteiger partial charge in [-0.15, -0.1) is 0 Å². The van der Waals surface area contributed by atoms with Gasteiger partial charge < -0.3 is 15.6 Å². The molecule has 0 aliphatic rings. The molecule has 0 aliphatic carbocycles. The third kappa shape index (κ3) is 4.86. The zero-order valence-electron chi connectivity index (χ0n) is 15.3. The van der Waals surface area contributed by atoms with E-state index in [1.165, 1.54) is 24.5 Å². The SMILES string of the molecule is CCC(=O)c1nc[nH]c1C(=O)Nc1ccc(NC(=O)c2ccc(F)cc2I)cc1. The normalized spacial score (nSPS) is 10.4. The summed E-state index contributed by atoms with van der Waals surface area (Å²) in [4.78, 5) is 43.1. The van der Waals surface area contributed by atoms with E-state index in [1.54, 1.807) is 31.2 Å². The number of ketones is 1. The molecule has 3 N–H and O–H groups in total. The minimum absolute atomic E-state index is 0.0973. The lowest BCUT2D eigenvalue weighted by atomic mass is 10.2. The van der Waals surface area contributed by atoms with Crippen LogP contribution in [0.15, 0.2) is 48.8 Å². The number of aromatic nitrogens is 2. The Kier molecular flexibility index (Phi) is 6.37. The van der Waals surface area contributed by atoms with Gasteiger partial charge in [0.2, 0.25) is 0 Å². The average molecular weight is 506 g/mol. The Morgan fingerprint density at radius 2 is 1.66 bits per heavy atom. The van der Waals surface area contributed by atoms with Crippen LogP contribution in [-0.2, 0) is 0 Å². The molecule has 0 fully saturated rings. The van der Waals surface area contributed by atoms with E-state index in [0.29, 0.717) is 20.5 Å². The van der Waals surface area contributed by atoms with E-state index in [-0.39, 0.29) is 29.5 Å². The standard InChI is InChI=1S/C20H16FIN4O3/c1-2-16(27)17-18(24-10-23-17)20(29)26-13-6-4-12(5-7-13)25-19(28)14-8-3-11(21)9-15(14)22/h3-10H,2H2,1H3,(H,23,24)(H,25,28)(H,26,29). The van der Waals surface area contributed by atoms with E-state index in [9.17, 15) is 18.8 Å². The number of carbonyl (C=O) groups excluding carboxylic acids is 3. The molecule has 1 aromatic heterocycles. The minimum atomic E-state index is -0.489. The third-order valence-corrected chi connectivity index (χ3v) is 4.92. The summed E-state index contributed by atoms with van der Waals surface area (Å²) in [6.07, 6.45) is 1.54. The minimum Gasteiger partial charge on any atom is -0.340 e. The fraction of sp³-hybridized carbons (Fsp3) is 0.100. The van der Waals surface area contributed by atoms with Crippen molar-refractivity contribution in [3.05, 3.63) is 75.1 Å². The number of carbonyl (C=O) groups is 3. The summed E-state index contributed by atoms with van der Waals surface area (Å²) >= 11 is 1.90. The lowest BCUT2D eigenvalue weighted by molar-refractivity contribution is 0.0963. The highest BCUT2D eigenvalue weighted by atomic mass is 127. The van der Waals surface area contributed by atoms with Crippen molar-refractivity contribution in [1.82, 2.24) is 9.97 Å². The number of nitrogens with zero attached hydrogens (tertiary/aromatic N) is 1. The maximum atomic E-state index is 13.2. The van der Waals surface area contributed by atoms with Crippen molar-refractivity contribution < 1.29 is 18.8 Å². The summed E-state index contributed by atoms with van der Waals surface area (Å²) in [5, 5.41) is 5.39. The van der Waals surface area contributed by atoms with Gasteiger partial charge in [0, 0.05) is 21.4 Å². The molecule has 148 valence electrons. The Labute approximate surface area is 179 Å². The highest BCUT2D eigenvalue weighted by molar-refractivity contribution is 14.1. The predicted molar refractivity (Wildman–Crippen MR) is 115 cm³/mol. The molecule has 0 saturated heterocycles. The zero-order valence-corrected chi connectivity index (χ0v) is 17.4. The molecule has 0 radical (unpaired) electrons. The molecule has 0 bridgehead atoms. The number of amides is 2. The van der Waals surface area contributed by atoms with Crippen molar-refractivity contribution in [3.8, 4) is 0 Å². The molecule has 3 aromatic rings. The van der Waals surface area contributed by atoms with Crippen molar-refractivity contribution >= 4 is 51.6 Å². The summed E-state index contributed by atoms with van der Waals surface area (Å²) in [5.74, 6) is -1.50. The van der Waals surface area contributed by atoms with E-state index >= 15 is 0 Å². The first-order valence-corrected chi connectivity index (χ1v) is 9.71. The predicted octanol–water partition coefficient (Wildman–Crippen LogP) is 4.25. The summed E-state index contributed by atoms with van der Waals surface area (Å²) < 4.78 is 13.7. The summed E-state index contributed by atoms with van der Waals surface area (Å²) in [7, 11) is 0. The highest BCUT2D eigenvalue weighted by Crippen LogP contribution is 2.19. The van der Waals surface area contributed by atoms with Crippen LogP contribution >= 0.6 is 22.6 Å². The van der Waals surface area contributed by atoms with E-state index in [0.717, 1.165) is 0 Å². The first-order valence-electron chi connectivity index (χ1n) is 8.63. The number of hydrogen-bond acceptors (Lipinski definition) is 4. The molecule has 0 atom stereocenters. The van der Waals surface area contributed by atoms with Gasteiger partial charge in [-0.3, -0.25) is 14.4 Å². The van der Waals surface area contributed by atoms with Crippen molar-refractivity contribution in [2.75, 3.05) is 10.6 Å². The van der Waals surface area contributed by atoms with Gasteiger partial charge in [-0.25, -0.2) is 9.37 Å². The van der Waals surface area contributed by atoms with Gasteiger partial charge in [0.15, 0.2) is 5.78 Å². The van der Waals surface area contributed by atoms with Crippen LogP contribution in [0.3, 0.4) is 0 Å². The molecular weight excluding hydrogens is 490 g/mol. The molecule has 0 saturated carbocycles. The number of benzene rings is 2. The Hall–Kier alpha value is -3.08. The first-order chi connectivity index (χ1) is 13.9. The van der Waals surface area contributed by atoms with Crippen molar-refractivity contribution in [3.63, 3.8) is 0 Å². The third-order valence-electron chi connectivity index (χ3n) is 4.03. The van der Waals surface area contributed by atoms with Gasteiger partial charge in [-0.05, 0) is 65.1 Å². The number of nitrogens with one attached hydrogen (secondary N) is 3. The van der Waals surface area contributed by atoms with Gasteiger partial charge in [0.05, 0.1) is 11.9 Å². The number of Topliss-reactive ketones (excluding diaryl/α,β-unsaturated/α-hetero) is 1. The number of imidazole rings is 1. The van der Waals surface area contributed by atoms with Gasteiger partial charge in [-0.2, -0.15) is 0 Å². The summed E-state index contributed by atoms with van der Waals surface area (Å²) in [5.41, 5.74) is 1.55. The van der Waals surface area contributed by atoms with Gasteiger partial charge >= 0.3 is 0 Å². The topological polar surface area (TPSA) is 104 Å². The van der Waals surface area contributed by atoms with Crippen LogP contribution in [0.4, 0.5) is 15.8 Å². The molecule has 7 nitrogen and oxygen atoms in total. The van der Waals surface area contributed by atoms with Crippen molar-refractivity contribution in [2.45, 2.75) is 13.3 Å². The molecule has 0 spiro atoms. The van der Waals surface area contributed by atoms with Crippen LogP contribution < -0.4 is 10.6 Å². The van der Waals surface area contributed by atoms with Crippen LogP contribution in [0.5, 0.6) is 0 Å². The van der Waals surface area contributed by atoms with Gasteiger partial charge in [-0.1, -0.05) is 6.92 Å². The fourth-order valence-corrected chi connectivity index (χ4v) is 3.27. The Bertz CT molecular complexity index is 1080. The summed E-state index contributed by atoms with van der Waals surface area (Å²) in [6.45, 7) is 1.69. The highest BCUT2D eigenvalue weighted by Gasteiger charge is 2.19. The van der Waals surface area contributed by atoms with Crippen LogP contribution in [-0.4, -0.2) is 27.6 Å². The number of halogens is 2. The maximum absolute atomic E-state index is 13.2. The average Bonchev–Trinajstić information content (AvgIpc) is 3.19. The lowest BCUT2D eigenvalue weighted by Gasteiger charge is -2.09. The second-order valence-corrected chi connectivity index (χ2v) is 7.17. The molecule has 9 heteroatoms. The van der Waals surface area contributed by atoms with E-state index in [1.807, 2.05) is 22.6 Å². The van der Waals surface area contributed by atoms with Crippen LogP contribution in [0.25, 0.3) is 0 Å². The molecule has 0 aliphatic heterocycles. The monoisotopic (exact) mass is 506 g/mol. The molecular formula is C20H16FIN4O3. The molecule has 29 heavy (non-hydrogen) atoms. The summed E-state index contributed by atoms with van der Waals surface area (Å²) in [6, 6.07) is 10.4. The fourth-order valence-electron chi connectivity index (χ4n) is 2.55. The smallest absolute Gasteiger partial charge is 0.274 e. The lowest BCUT2D eigenvalue weighted by Crippen LogP contribution is -2.17. The van der Waals surface area contributed by atoms with Crippen LogP contribution in [0.1, 0.15) is 44.7 Å². The van der Waals surface area contributed by atoms with Gasteiger partial charge in [0.1, 0.15) is 17.2 Å². The Morgan fingerprint density at radius 1 is 1.03 bits per heavy atom. The Morgan fingerprint density at radius 3 is 2.24 bits per heavy atom. The van der Waals surface area contributed by atoms with E-state index < -0.39 is 11.7 Å². The molecule has 2 aromatic carbocycles. The zero-order chi connectivity index (χ0) is 21.0.